The van der Waals surface area contributed by atoms with E-state index >= 15 is 0 Å². The minimum atomic E-state index is -0.362. The molecular formula is C20H20N2O3S. The first-order chi connectivity index (χ1) is 12.6. The van der Waals surface area contributed by atoms with Crippen LogP contribution < -0.4 is 16.7 Å². The van der Waals surface area contributed by atoms with Gasteiger partial charge in [0.05, 0.1) is 5.75 Å². The average Bonchev–Trinajstić information content (AvgIpc) is 2.64. The molecule has 0 atom stereocenters. The van der Waals surface area contributed by atoms with Gasteiger partial charge in [-0.2, -0.15) is 0 Å². The number of anilines is 1. The lowest BCUT2D eigenvalue weighted by atomic mass is 10.1. The first-order valence-electron chi connectivity index (χ1n) is 8.36. The van der Waals surface area contributed by atoms with Gasteiger partial charge in [-0.1, -0.05) is 31.2 Å². The Kier molecular flexibility index (Phi) is 5.63. The number of hydrogen-bond donors (Lipinski definition) is 2. The summed E-state index contributed by atoms with van der Waals surface area (Å²) < 4.78 is 5.35. The molecule has 6 heteroatoms. The molecule has 0 aliphatic carbocycles. The molecule has 2 aromatic carbocycles. The highest BCUT2D eigenvalue weighted by molar-refractivity contribution is 8.00. The maximum Gasteiger partial charge on any atom is 0.336 e. The van der Waals surface area contributed by atoms with Crippen molar-refractivity contribution < 1.29 is 9.21 Å². The first-order valence-corrected chi connectivity index (χ1v) is 9.35. The van der Waals surface area contributed by atoms with Crippen molar-refractivity contribution in [2.24, 2.45) is 5.73 Å². The van der Waals surface area contributed by atoms with E-state index in [0.717, 1.165) is 33.5 Å². The number of carbonyl (C=O) groups is 1. The Labute approximate surface area is 155 Å². The number of carbonyl (C=O) groups excluding carboxylic acids is 1. The molecule has 0 saturated carbocycles. The highest BCUT2D eigenvalue weighted by atomic mass is 32.2. The van der Waals surface area contributed by atoms with E-state index < -0.39 is 0 Å². The van der Waals surface area contributed by atoms with Crippen LogP contribution in [-0.2, 0) is 17.8 Å². The number of fused-ring (bicyclic) bond motifs is 1. The van der Waals surface area contributed by atoms with Crippen molar-refractivity contribution >= 4 is 34.3 Å². The van der Waals surface area contributed by atoms with Gasteiger partial charge in [-0.15, -0.1) is 11.8 Å². The van der Waals surface area contributed by atoms with Crippen molar-refractivity contribution in [3.05, 3.63) is 70.1 Å². The Morgan fingerprint density at radius 2 is 2.00 bits per heavy atom. The topological polar surface area (TPSA) is 85.3 Å². The Morgan fingerprint density at radius 1 is 1.19 bits per heavy atom. The number of rotatable bonds is 7. The van der Waals surface area contributed by atoms with Crippen LogP contribution >= 0.6 is 11.8 Å². The fraction of sp³-hybridized carbons (Fsp3) is 0.200. The van der Waals surface area contributed by atoms with Gasteiger partial charge in [0.1, 0.15) is 5.58 Å². The number of para-hydroxylation sites is 1. The zero-order valence-electron chi connectivity index (χ0n) is 14.5. The second-order valence-corrected chi connectivity index (χ2v) is 6.90. The van der Waals surface area contributed by atoms with E-state index in [2.05, 4.69) is 12.2 Å². The molecule has 1 amide bonds. The fourth-order valence-corrected chi connectivity index (χ4v) is 3.49. The zero-order chi connectivity index (χ0) is 18.5. The summed E-state index contributed by atoms with van der Waals surface area (Å²) in [7, 11) is 0. The lowest BCUT2D eigenvalue weighted by Crippen LogP contribution is -2.13. The number of amides is 1. The van der Waals surface area contributed by atoms with E-state index in [1.807, 2.05) is 42.5 Å². The SMILES string of the molecule is CCc1ccc2c(CNc3ccccc3SCC(N)=O)cc(=O)oc2c1. The van der Waals surface area contributed by atoms with Gasteiger partial charge in [0.15, 0.2) is 0 Å². The van der Waals surface area contributed by atoms with Crippen LogP contribution in [0.1, 0.15) is 18.1 Å². The number of nitrogens with two attached hydrogens (primary N) is 1. The van der Waals surface area contributed by atoms with Crippen LogP contribution in [0.25, 0.3) is 11.0 Å². The number of benzene rings is 2. The minimum Gasteiger partial charge on any atom is -0.423 e. The quantitative estimate of drug-likeness (QED) is 0.492. The minimum absolute atomic E-state index is 0.219. The molecule has 0 fully saturated rings. The smallest absolute Gasteiger partial charge is 0.336 e. The fourth-order valence-electron chi connectivity index (χ4n) is 2.72. The molecule has 0 spiro atoms. The van der Waals surface area contributed by atoms with Crippen molar-refractivity contribution in [1.82, 2.24) is 0 Å². The number of primary amides is 1. The van der Waals surface area contributed by atoms with Crippen LogP contribution in [0.15, 0.2) is 62.6 Å². The Hall–Kier alpha value is -2.73. The van der Waals surface area contributed by atoms with Gasteiger partial charge >= 0.3 is 5.63 Å². The molecular weight excluding hydrogens is 348 g/mol. The summed E-state index contributed by atoms with van der Waals surface area (Å²) in [5.74, 6) is -0.140. The monoisotopic (exact) mass is 368 g/mol. The normalized spacial score (nSPS) is 10.8. The highest BCUT2D eigenvalue weighted by Crippen LogP contribution is 2.28. The predicted molar refractivity (Wildman–Crippen MR) is 106 cm³/mol. The van der Waals surface area contributed by atoms with E-state index in [9.17, 15) is 9.59 Å². The van der Waals surface area contributed by atoms with Crippen LogP contribution in [0.2, 0.25) is 0 Å². The molecule has 0 bridgehead atoms. The third kappa shape index (κ3) is 4.26. The van der Waals surface area contributed by atoms with E-state index in [1.54, 1.807) is 0 Å². The first kappa shape index (κ1) is 18.1. The number of aryl methyl sites for hydroxylation is 1. The van der Waals surface area contributed by atoms with Crippen molar-refractivity contribution in [2.45, 2.75) is 24.8 Å². The van der Waals surface area contributed by atoms with Gasteiger partial charge in [-0.05, 0) is 35.7 Å². The van der Waals surface area contributed by atoms with Gasteiger partial charge in [0.2, 0.25) is 5.91 Å². The van der Waals surface area contributed by atoms with Gasteiger partial charge in [-0.25, -0.2) is 4.79 Å². The molecule has 0 radical (unpaired) electrons. The number of nitrogens with one attached hydrogen (secondary N) is 1. The molecule has 3 aromatic rings. The van der Waals surface area contributed by atoms with Crippen LogP contribution in [-0.4, -0.2) is 11.7 Å². The molecule has 0 aliphatic heterocycles. The molecule has 1 heterocycles. The number of hydrogen-bond acceptors (Lipinski definition) is 5. The lowest BCUT2D eigenvalue weighted by molar-refractivity contribution is -0.115. The molecule has 1 aromatic heterocycles. The van der Waals surface area contributed by atoms with E-state index in [1.165, 1.54) is 17.8 Å². The maximum absolute atomic E-state index is 11.9. The molecule has 3 rings (SSSR count). The molecule has 134 valence electrons. The molecule has 0 aliphatic rings. The molecule has 5 nitrogen and oxygen atoms in total. The van der Waals surface area contributed by atoms with E-state index in [0.29, 0.717) is 12.1 Å². The summed E-state index contributed by atoms with van der Waals surface area (Å²) in [4.78, 5) is 23.9. The molecule has 0 saturated heterocycles. The summed E-state index contributed by atoms with van der Waals surface area (Å²) in [6.45, 7) is 2.53. The van der Waals surface area contributed by atoms with Crippen molar-refractivity contribution in [3.63, 3.8) is 0 Å². The summed E-state index contributed by atoms with van der Waals surface area (Å²) in [5.41, 5.74) is 8.36. The van der Waals surface area contributed by atoms with Crippen molar-refractivity contribution in [1.29, 1.82) is 0 Å². The Balaban J connectivity index is 1.86. The molecule has 0 unspecified atom stereocenters. The molecule has 3 N–H and O–H groups in total. The second-order valence-electron chi connectivity index (χ2n) is 5.88. The van der Waals surface area contributed by atoms with Gasteiger partial charge < -0.3 is 15.5 Å². The maximum atomic E-state index is 11.9. The van der Waals surface area contributed by atoms with Gasteiger partial charge in [-0.3, -0.25) is 4.79 Å². The van der Waals surface area contributed by atoms with Crippen LogP contribution in [0.5, 0.6) is 0 Å². The van der Waals surface area contributed by atoms with E-state index in [-0.39, 0.29) is 17.3 Å². The predicted octanol–water partition coefficient (Wildman–Crippen LogP) is 3.54. The van der Waals surface area contributed by atoms with Crippen LogP contribution in [0, 0.1) is 0 Å². The van der Waals surface area contributed by atoms with Gasteiger partial charge in [0.25, 0.3) is 0 Å². The van der Waals surface area contributed by atoms with Crippen LogP contribution in [0.3, 0.4) is 0 Å². The highest BCUT2D eigenvalue weighted by Gasteiger charge is 2.08. The second kappa shape index (κ2) is 8.10. The standard InChI is InChI=1S/C20H20N2O3S/c1-2-13-7-8-15-14(10-20(24)25-17(15)9-13)11-22-16-5-3-4-6-18(16)26-12-19(21)23/h3-10,22H,2,11-12H2,1H3,(H2,21,23). The zero-order valence-corrected chi connectivity index (χ0v) is 15.3. The Bertz CT molecular complexity index is 998. The average molecular weight is 368 g/mol. The van der Waals surface area contributed by atoms with Crippen molar-refractivity contribution in [3.8, 4) is 0 Å². The summed E-state index contributed by atoms with van der Waals surface area (Å²) in [6, 6.07) is 15.2. The van der Waals surface area contributed by atoms with E-state index in [4.69, 9.17) is 10.2 Å². The summed E-state index contributed by atoms with van der Waals surface area (Å²) >= 11 is 1.38. The van der Waals surface area contributed by atoms with Gasteiger partial charge in [0, 0.05) is 28.6 Å². The number of thioether (sulfide) groups is 1. The third-order valence-electron chi connectivity index (χ3n) is 4.03. The van der Waals surface area contributed by atoms with Crippen LogP contribution in [0.4, 0.5) is 5.69 Å². The Morgan fingerprint density at radius 3 is 2.77 bits per heavy atom. The largest absolute Gasteiger partial charge is 0.423 e. The van der Waals surface area contributed by atoms with Crippen molar-refractivity contribution in [2.75, 3.05) is 11.1 Å². The summed E-state index contributed by atoms with van der Waals surface area (Å²) in [5, 5.41) is 4.26. The molecule has 26 heavy (non-hydrogen) atoms. The third-order valence-corrected chi connectivity index (χ3v) is 5.12. The lowest BCUT2D eigenvalue weighted by Gasteiger charge is -2.12. The summed E-state index contributed by atoms with van der Waals surface area (Å²) in [6.07, 6.45) is 0.882.